The minimum atomic E-state index is -0.641. The van der Waals surface area contributed by atoms with E-state index in [4.69, 9.17) is 9.47 Å². The number of hydrogen-bond donors (Lipinski definition) is 1. The number of aromatic nitrogens is 1. The average Bonchev–Trinajstić information content (AvgIpc) is 3.34. The number of para-hydroxylation sites is 1. The highest BCUT2D eigenvalue weighted by Crippen LogP contribution is 2.49. The van der Waals surface area contributed by atoms with Gasteiger partial charge in [-0.1, -0.05) is 24.3 Å². The summed E-state index contributed by atoms with van der Waals surface area (Å²) in [5.74, 6) is 1.05. The van der Waals surface area contributed by atoms with Crippen LogP contribution in [0.15, 0.2) is 59.4 Å². The molecule has 3 aromatic rings. The molecule has 4 aliphatic rings. The number of hydrogen-bond acceptors (Lipinski definition) is 7. The van der Waals surface area contributed by atoms with Crippen LogP contribution in [0.4, 0.5) is 5.69 Å². The van der Waals surface area contributed by atoms with Crippen molar-refractivity contribution >= 4 is 23.4 Å². The van der Waals surface area contributed by atoms with Crippen molar-refractivity contribution in [1.82, 2.24) is 19.7 Å². The van der Waals surface area contributed by atoms with Crippen molar-refractivity contribution in [3.05, 3.63) is 87.3 Å². The van der Waals surface area contributed by atoms with Gasteiger partial charge in [0.2, 0.25) is 5.91 Å². The molecule has 45 heavy (non-hydrogen) atoms. The summed E-state index contributed by atoms with van der Waals surface area (Å²) in [5, 5.41) is 3.05. The number of nitrogens with one attached hydrogen (secondary N) is 1. The summed E-state index contributed by atoms with van der Waals surface area (Å²) >= 11 is 0. The zero-order chi connectivity index (χ0) is 31.2. The van der Waals surface area contributed by atoms with Gasteiger partial charge in [0.05, 0.1) is 31.0 Å². The van der Waals surface area contributed by atoms with Crippen LogP contribution in [0, 0.1) is 5.92 Å². The van der Waals surface area contributed by atoms with Crippen LogP contribution in [0.25, 0.3) is 0 Å². The number of nitrogens with zero attached hydrogens (tertiary/aromatic N) is 4. The zero-order valence-corrected chi connectivity index (χ0v) is 25.5. The zero-order valence-electron chi connectivity index (χ0n) is 25.5. The SMILES string of the molecule is COc1ccc2c(c1OC)C(=O)N1c3ccccc3C(=O)N(CCCC(=O)NCCN3C[C@H]4C[C@@H](C3)c3cccc(=O)n3C4)[C@H]21. The van der Waals surface area contributed by atoms with E-state index in [9.17, 15) is 19.2 Å². The lowest BCUT2D eigenvalue weighted by Gasteiger charge is -2.42. The maximum atomic E-state index is 13.8. The van der Waals surface area contributed by atoms with Gasteiger partial charge in [-0.3, -0.25) is 24.1 Å². The van der Waals surface area contributed by atoms with Gasteiger partial charge >= 0.3 is 0 Å². The minimum Gasteiger partial charge on any atom is -0.493 e. The molecule has 5 heterocycles. The van der Waals surface area contributed by atoms with Gasteiger partial charge in [0.15, 0.2) is 11.5 Å². The van der Waals surface area contributed by atoms with Gasteiger partial charge in [0, 0.05) is 68.9 Å². The summed E-state index contributed by atoms with van der Waals surface area (Å²) in [5.41, 5.74) is 3.25. The Morgan fingerprint density at radius 2 is 1.76 bits per heavy atom. The lowest BCUT2D eigenvalue weighted by atomic mass is 9.83. The highest BCUT2D eigenvalue weighted by Gasteiger charge is 2.49. The Bertz CT molecular complexity index is 1740. The number of ether oxygens (including phenoxy) is 2. The van der Waals surface area contributed by atoms with Gasteiger partial charge in [-0.2, -0.15) is 0 Å². The van der Waals surface area contributed by atoms with Gasteiger partial charge in [-0.25, -0.2) is 0 Å². The molecule has 0 radical (unpaired) electrons. The van der Waals surface area contributed by atoms with E-state index in [1.54, 1.807) is 40.1 Å². The molecule has 1 N–H and O–H groups in total. The van der Waals surface area contributed by atoms with Gasteiger partial charge in [-0.05, 0) is 43.0 Å². The van der Waals surface area contributed by atoms with Crippen molar-refractivity contribution in [2.75, 3.05) is 51.8 Å². The lowest BCUT2D eigenvalue weighted by molar-refractivity contribution is -0.121. The maximum Gasteiger partial charge on any atom is 0.264 e. The number of piperidine rings is 1. The van der Waals surface area contributed by atoms with E-state index < -0.39 is 6.17 Å². The molecule has 0 unspecified atom stereocenters. The predicted octanol–water partition coefficient (Wildman–Crippen LogP) is 3.00. The van der Waals surface area contributed by atoms with Crippen LogP contribution in [-0.4, -0.2) is 79.0 Å². The maximum absolute atomic E-state index is 13.8. The Morgan fingerprint density at radius 3 is 2.58 bits per heavy atom. The van der Waals surface area contributed by atoms with Crippen LogP contribution in [0.1, 0.15) is 63.3 Å². The molecule has 1 fully saturated rings. The molecule has 1 saturated heterocycles. The highest BCUT2D eigenvalue weighted by molar-refractivity contribution is 6.18. The van der Waals surface area contributed by atoms with Crippen molar-refractivity contribution < 1.29 is 23.9 Å². The first-order valence-corrected chi connectivity index (χ1v) is 15.6. The van der Waals surface area contributed by atoms with E-state index in [2.05, 4.69) is 16.3 Å². The number of anilines is 1. The number of benzene rings is 2. The largest absolute Gasteiger partial charge is 0.493 e. The quantitative estimate of drug-likeness (QED) is 0.396. The number of fused-ring (bicyclic) bond motifs is 9. The van der Waals surface area contributed by atoms with E-state index >= 15 is 0 Å². The Hall–Kier alpha value is -4.64. The third kappa shape index (κ3) is 4.95. The first-order chi connectivity index (χ1) is 21.9. The molecule has 2 bridgehead atoms. The van der Waals surface area contributed by atoms with Crippen LogP contribution in [0.3, 0.4) is 0 Å². The van der Waals surface area contributed by atoms with Crippen molar-refractivity contribution in [3.8, 4) is 11.5 Å². The van der Waals surface area contributed by atoms with Crippen molar-refractivity contribution in [2.24, 2.45) is 5.92 Å². The normalized spacial score (nSPS) is 21.5. The van der Waals surface area contributed by atoms with Crippen molar-refractivity contribution in [3.63, 3.8) is 0 Å². The fourth-order valence-electron chi connectivity index (χ4n) is 7.68. The molecule has 7 rings (SSSR count). The lowest BCUT2D eigenvalue weighted by Crippen LogP contribution is -2.49. The molecule has 11 heteroatoms. The molecule has 0 saturated carbocycles. The van der Waals surface area contributed by atoms with Gasteiger partial charge in [0.1, 0.15) is 6.17 Å². The summed E-state index contributed by atoms with van der Waals surface area (Å²) in [4.78, 5) is 58.5. The van der Waals surface area contributed by atoms with E-state index in [1.807, 2.05) is 22.8 Å². The number of methoxy groups -OCH3 is 2. The second-order valence-electron chi connectivity index (χ2n) is 12.2. The Labute approximate surface area is 261 Å². The van der Waals surface area contributed by atoms with Crippen molar-refractivity contribution in [2.45, 2.75) is 37.9 Å². The fraction of sp³-hybridized carbons (Fsp3) is 0.412. The third-order valence-electron chi connectivity index (χ3n) is 9.59. The molecule has 1 aromatic heterocycles. The number of amides is 3. The second kappa shape index (κ2) is 11.7. The second-order valence-corrected chi connectivity index (χ2v) is 12.2. The number of pyridine rings is 1. The molecule has 234 valence electrons. The summed E-state index contributed by atoms with van der Waals surface area (Å²) in [6.07, 6.45) is 1.16. The van der Waals surface area contributed by atoms with Gasteiger partial charge in [0.25, 0.3) is 17.4 Å². The smallest absolute Gasteiger partial charge is 0.264 e. The summed E-state index contributed by atoms with van der Waals surface area (Å²) in [6, 6.07) is 16.2. The molecular weight excluding hydrogens is 574 g/mol. The predicted molar refractivity (Wildman–Crippen MR) is 167 cm³/mol. The van der Waals surface area contributed by atoms with Crippen molar-refractivity contribution in [1.29, 1.82) is 0 Å². The van der Waals surface area contributed by atoms with Crippen LogP contribution < -0.4 is 25.2 Å². The molecular formula is C34H37N5O6. The molecule has 2 aromatic carbocycles. The van der Waals surface area contributed by atoms with Crippen LogP contribution in [0.5, 0.6) is 11.5 Å². The topological polar surface area (TPSA) is 113 Å². The molecule has 4 aliphatic heterocycles. The van der Waals surface area contributed by atoms with E-state index in [0.29, 0.717) is 65.2 Å². The van der Waals surface area contributed by atoms with Gasteiger partial charge < -0.3 is 29.2 Å². The van der Waals surface area contributed by atoms with Crippen LogP contribution >= 0.6 is 0 Å². The Kier molecular flexibility index (Phi) is 7.56. The fourth-order valence-corrected chi connectivity index (χ4v) is 7.68. The van der Waals surface area contributed by atoms with E-state index in [1.165, 1.54) is 14.2 Å². The van der Waals surface area contributed by atoms with Crippen LogP contribution in [0.2, 0.25) is 0 Å². The summed E-state index contributed by atoms with van der Waals surface area (Å²) in [7, 11) is 3.02. The standard InChI is InChI=1S/C34H37N5O6/c1-44-27-13-12-24-30(31(27)45-2)34(43)39-26-8-4-3-7-23(26)33(42)37(32(24)39)15-6-10-28(40)35-14-16-36-18-21-17-22(20-36)25-9-5-11-29(41)38(25)19-21/h3-5,7-9,11-13,21-22,32H,6,10,14-20H2,1-2H3,(H,35,40)/t21-,22+,32+/m1/s1. The number of rotatable bonds is 9. The van der Waals surface area contributed by atoms with Crippen LogP contribution in [-0.2, 0) is 11.3 Å². The summed E-state index contributed by atoms with van der Waals surface area (Å²) < 4.78 is 13.0. The number of likely N-dealkylation sites (tertiary alicyclic amines) is 1. The molecule has 0 spiro atoms. The molecule has 3 amide bonds. The van der Waals surface area contributed by atoms with Gasteiger partial charge in [-0.15, -0.1) is 0 Å². The summed E-state index contributed by atoms with van der Waals surface area (Å²) in [6.45, 7) is 4.14. The Morgan fingerprint density at radius 1 is 0.911 bits per heavy atom. The highest BCUT2D eigenvalue weighted by atomic mass is 16.5. The first-order valence-electron chi connectivity index (χ1n) is 15.6. The Balaban J connectivity index is 0.990. The monoisotopic (exact) mass is 611 g/mol. The molecule has 0 aliphatic carbocycles. The molecule has 3 atom stereocenters. The molecule has 11 nitrogen and oxygen atoms in total. The van der Waals surface area contributed by atoms with E-state index in [-0.39, 0.29) is 29.7 Å². The average molecular weight is 612 g/mol. The third-order valence-corrected chi connectivity index (χ3v) is 9.59. The van der Waals surface area contributed by atoms with E-state index in [0.717, 1.165) is 38.3 Å². The number of carbonyl (C=O) groups excluding carboxylic acids is 3. The first kappa shape index (κ1) is 29.1. The number of carbonyl (C=O) groups is 3. The minimum absolute atomic E-state index is 0.0693.